The SMILES string of the molecule is C[NH+](CC(=O)Nc1ccc(F)cc1)CC(=O)N[C@H]1CS(=O)(=O)C[C@@H]1Cl. The topological polar surface area (TPSA) is 96.8 Å². The summed E-state index contributed by atoms with van der Waals surface area (Å²) in [5.41, 5.74) is 0.463. The highest BCUT2D eigenvalue weighted by Gasteiger charge is 2.37. The summed E-state index contributed by atoms with van der Waals surface area (Å²) in [6.45, 7) is 0.0229. The van der Waals surface area contributed by atoms with E-state index in [1.807, 2.05) is 0 Å². The van der Waals surface area contributed by atoms with Crippen LogP contribution in [0.5, 0.6) is 0 Å². The molecule has 0 aliphatic carbocycles. The minimum absolute atomic E-state index is 0.00298. The van der Waals surface area contributed by atoms with Gasteiger partial charge in [0.25, 0.3) is 11.8 Å². The van der Waals surface area contributed by atoms with Crippen LogP contribution in [0.1, 0.15) is 0 Å². The molecule has 1 saturated heterocycles. The fraction of sp³-hybridized carbons (Fsp3) is 0.467. The molecule has 1 fully saturated rings. The van der Waals surface area contributed by atoms with Crippen LogP contribution in [0.2, 0.25) is 0 Å². The Labute approximate surface area is 150 Å². The summed E-state index contributed by atoms with van der Waals surface area (Å²) in [6.07, 6.45) is 0. The summed E-state index contributed by atoms with van der Waals surface area (Å²) in [5.74, 6) is -1.42. The van der Waals surface area contributed by atoms with Crippen LogP contribution in [0.15, 0.2) is 24.3 Å². The van der Waals surface area contributed by atoms with Crippen LogP contribution in [-0.2, 0) is 19.4 Å². The summed E-state index contributed by atoms with van der Waals surface area (Å²) in [7, 11) is -1.56. The molecule has 1 aliphatic rings. The van der Waals surface area contributed by atoms with E-state index in [-0.39, 0.29) is 36.4 Å². The Morgan fingerprint density at radius 3 is 2.36 bits per heavy atom. The second-order valence-electron chi connectivity index (χ2n) is 6.13. The van der Waals surface area contributed by atoms with Gasteiger partial charge in [0.2, 0.25) is 0 Å². The maximum atomic E-state index is 12.8. The maximum absolute atomic E-state index is 12.8. The van der Waals surface area contributed by atoms with Gasteiger partial charge in [-0.2, -0.15) is 0 Å². The zero-order valence-electron chi connectivity index (χ0n) is 13.6. The molecule has 0 bridgehead atoms. The van der Waals surface area contributed by atoms with Crippen molar-refractivity contribution in [3.05, 3.63) is 30.1 Å². The Bertz CT molecular complexity index is 742. The molecule has 1 heterocycles. The molecule has 0 saturated carbocycles. The van der Waals surface area contributed by atoms with Crippen LogP contribution >= 0.6 is 11.6 Å². The minimum Gasteiger partial charge on any atom is -0.346 e. The predicted molar refractivity (Wildman–Crippen MR) is 91.9 cm³/mol. The Hall–Kier alpha value is -1.71. The molecule has 2 rings (SSSR count). The zero-order valence-corrected chi connectivity index (χ0v) is 15.2. The number of quaternary nitrogens is 1. The Morgan fingerprint density at radius 2 is 1.80 bits per heavy atom. The molecule has 3 atom stereocenters. The zero-order chi connectivity index (χ0) is 18.6. The molecule has 138 valence electrons. The van der Waals surface area contributed by atoms with Gasteiger partial charge in [-0.3, -0.25) is 9.59 Å². The third-order valence-corrected chi connectivity index (χ3v) is 6.06. The molecular formula is C15H20ClFN3O4S+. The van der Waals surface area contributed by atoms with E-state index < -0.39 is 27.1 Å². The number of amides is 2. The lowest BCUT2D eigenvalue weighted by molar-refractivity contribution is -0.862. The van der Waals surface area contributed by atoms with Crippen molar-refractivity contribution in [3.8, 4) is 0 Å². The first-order valence-electron chi connectivity index (χ1n) is 7.65. The van der Waals surface area contributed by atoms with E-state index in [0.717, 1.165) is 0 Å². The standard InChI is InChI=1S/C15H19ClFN3O4S/c1-20(6-14(21)18-11-4-2-10(17)3-5-11)7-15(22)19-13-9-25(23,24)8-12(13)16/h2-5,12-13H,6-9H2,1H3,(H,18,21)(H,19,22)/p+1/t12-,13-/m0/s1. The van der Waals surface area contributed by atoms with Gasteiger partial charge >= 0.3 is 0 Å². The largest absolute Gasteiger partial charge is 0.346 e. The second kappa shape index (κ2) is 8.11. The number of halogens is 2. The molecule has 1 aliphatic heterocycles. The number of hydrogen-bond donors (Lipinski definition) is 3. The predicted octanol–water partition coefficient (Wildman–Crippen LogP) is -1.20. The van der Waals surface area contributed by atoms with E-state index in [0.29, 0.717) is 10.6 Å². The van der Waals surface area contributed by atoms with Gasteiger partial charge in [-0.15, -0.1) is 11.6 Å². The number of rotatable bonds is 6. The van der Waals surface area contributed by atoms with Gasteiger partial charge < -0.3 is 15.5 Å². The molecule has 1 aromatic carbocycles. The van der Waals surface area contributed by atoms with E-state index in [1.165, 1.54) is 24.3 Å². The van der Waals surface area contributed by atoms with Crippen molar-refractivity contribution in [3.63, 3.8) is 0 Å². The van der Waals surface area contributed by atoms with Crippen LogP contribution < -0.4 is 15.5 Å². The highest BCUT2D eigenvalue weighted by molar-refractivity contribution is 7.91. The molecule has 1 aromatic rings. The quantitative estimate of drug-likeness (QED) is 0.530. The van der Waals surface area contributed by atoms with Crippen molar-refractivity contribution in [2.45, 2.75) is 11.4 Å². The monoisotopic (exact) mass is 392 g/mol. The Balaban J connectivity index is 1.77. The van der Waals surface area contributed by atoms with Gasteiger partial charge in [0, 0.05) is 5.69 Å². The van der Waals surface area contributed by atoms with Gasteiger partial charge in [-0.1, -0.05) is 0 Å². The Morgan fingerprint density at radius 1 is 1.20 bits per heavy atom. The average Bonchev–Trinajstić information content (AvgIpc) is 2.73. The van der Waals surface area contributed by atoms with E-state index in [2.05, 4.69) is 10.6 Å². The molecule has 10 heteroatoms. The number of benzene rings is 1. The van der Waals surface area contributed by atoms with Gasteiger partial charge in [0.05, 0.1) is 30.0 Å². The van der Waals surface area contributed by atoms with E-state index >= 15 is 0 Å². The highest BCUT2D eigenvalue weighted by atomic mass is 35.5. The highest BCUT2D eigenvalue weighted by Crippen LogP contribution is 2.17. The number of anilines is 1. The van der Waals surface area contributed by atoms with E-state index in [4.69, 9.17) is 11.6 Å². The lowest BCUT2D eigenvalue weighted by Gasteiger charge is -2.17. The summed E-state index contributed by atoms with van der Waals surface area (Å²) >= 11 is 5.94. The number of hydrogen-bond acceptors (Lipinski definition) is 4. The average molecular weight is 393 g/mol. The number of alkyl halides is 1. The number of carbonyl (C=O) groups is 2. The molecule has 7 nitrogen and oxygen atoms in total. The molecule has 3 N–H and O–H groups in total. The van der Waals surface area contributed by atoms with Crippen LogP contribution in [0.3, 0.4) is 0 Å². The van der Waals surface area contributed by atoms with Crippen molar-refractivity contribution in [1.29, 1.82) is 0 Å². The first kappa shape index (κ1) is 19.6. The molecule has 0 radical (unpaired) electrons. The first-order chi connectivity index (χ1) is 11.6. The normalized spacial score (nSPS) is 23.0. The van der Waals surface area contributed by atoms with Gasteiger partial charge in [0.15, 0.2) is 22.9 Å². The van der Waals surface area contributed by atoms with E-state index in [9.17, 15) is 22.4 Å². The maximum Gasteiger partial charge on any atom is 0.279 e. The van der Waals surface area contributed by atoms with E-state index in [1.54, 1.807) is 7.05 Å². The third-order valence-electron chi connectivity index (χ3n) is 3.68. The molecule has 0 spiro atoms. The van der Waals surface area contributed by atoms with Crippen molar-refractivity contribution < 1.29 is 27.3 Å². The fourth-order valence-electron chi connectivity index (χ4n) is 2.54. The number of nitrogens with one attached hydrogen (secondary N) is 3. The lowest BCUT2D eigenvalue weighted by atomic mass is 10.2. The molecule has 25 heavy (non-hydrogen) atoms. The van der Waals surface area contributed by atoms with Crippen LogP contribution in [0, 0.1) is 5.82 Å². The summed E-state index contributed by atoms with van der Waals surface area (Å²) in [4.78, 5) is 24.5. The van der Waals surface area contributed by atoms with Crippen molar-refractivity contribution >= 4 is 38.9 Å². The van der Waals surface area contributed by atoms with Gasteiger partial charge in [-0.05, 0) is 24.3 Å². The van der Waals surface area contributed by atoms with Crippen LogP contribution in [0.25, 0.3) is 0 Å². The second-order valence-corrected chi connectivity index (χ2v) is 8.85. The van der Waals surface area contributed by atoms with Crippen molar-refractivity contribution in [2.24, 2.45) is 0 Å². The molecule has 1 unspecified atom stereocenters. The molecular weight excluding hydrogens is 373 g/mol. The summed E-state index contributed by atoms with van der Waals surface area (Å²) < 4.78 is 35.8. The summed E-state index contributed by atoms with van der Waals surface area (Å²) in [5, 5.41) is 4.56. The van der Waals surface area contributed by atoms with Crippen molar-refractivity contribution in [2.75, 3.05) is 37.0 Å². The fourth-order valence-corrected chi connectivity index (χ4v) is 5.09. The first-order valence-corrected chi connectivity index (χ1v) is 9.91. The number of sulfone groups is 1. The number of likely N-dealkylation sites (N-methyl/N-ethyl adjacent to an activating group) is 1. The van der Waals surface area contributed by atoms with Gasteiger partial charge in [0.1, 0.15) is 5.82 Å². The smallest absolute Gasteiger partial charge is 0.279 e. The van der Waals surface area contributed by atoms with Crippen LogP contribution in [-0.4, -0.2) is 63.3 Å². The lowest BCUT2D eigenvalue weighted by Crippen LogP contribution is -3.11. The summed E-state index contributed by atoms with van der Waals surface area (Å²) in [6, 6.07) is 4.74. The van der Waals surface area contributed by atoms with Gasteiger partial charge in [-0.25, -0.2) is 12.8 Å². The van der Waals surface area contributed by atoms with Crippen molar-refractivity contribution in [1.82, 2.24) is 5.32 Å². The third kappa shape index (κ3) is 6.26. The molecule has 2 amide bonds. The minimum atomic E-state index is -3.22. The Kier molecular flexibility index (Phi) is 6.36. The van der Waals surface area contributed by atoms with Crippen LogP contribution in [0.4, 0.5) is 10.1 Å². The number of carbonyl (C=O) groups excluding carboxylic acids is 2. The molecule has 0 aromatic heterocycles.